The third-order valence-electron chi connectivity index (χ3n) is 3.82. The second-order valence-electron chi connectivity index (χ2n) is 5.35. The minimum atomic E-state index is -0.492. The lowest BCUT2D eigenvalue weighted by Crippen LogP contribution is -2.31. The summed E-state index contributed by atoms with van der Waals surface area (Å²) in [5, 5.41) is 13.7. The van der Waals surface area contributed by atoms with Crippen molar-refractivity contribution in [2.24, 2.45) is 5.41 Å². The van der Waals surface area contributed by atoms with E-state index in [1.165, 1.54) is 12.1 Å². The molecular weight excluding hydrogens is 387 g/mol. The summed E-state index contributed by atoms with van der Waals surface area (Å²) in [5.41, 5.74) is 0.436. The molecule has 1 fully saturated rings. The van der Waals surface area contributed by atoms with Crippen LogP contribution in [0.3, 0.4) is 0 Å². The third kappa shape index (κ3) is 4.13. The summed E-state index contributed by atoms with van der Waals surface area (Å²) in [5.74, 6) is -0.258. The van der Waals surface area contributed by atoms with Gasteiger partial charge in [-0.3, -0.25) is 14.9 Å². The van der Waals surface area contributed by atoms with Gasteiger partial charge in [0.05, 0.1) is 10.5 Å². The van der Waals surface area contributed by atoms with Crippen LogP contribution in [0.2, 0.25) is 0 Å². The Morgan fingerprint density at radius 1 is 1.52 bits per heavy atom. The SMILES string of the molecule is COCCC1(CNC(=O)c2cc([N+](=O)[O-])ccc2I)CC1. The van der Waals surface area contributed by atoms with E-state index in [9.17, 15) is 14.9 Å². The zero-order chi connectivity index (χ0) is 15.5. The largest absolute Gasteiger partial charge is 0.385 e. The third-order valence-corrected chi connectivity index (χ3v) is 4.76. The van der Waals surface area contributed by atoms with Crippen LogP contribution in [-0.4, -0.2) is 31.1 Å². The molecule has 0 atom stereocenters. The summed E-state index contributed by atoms with van der Waals surface area (Å²) in [6.07, 6.45) is 3.10. The van der Waals surface area contributed by atoms with Crippen LogP contribution >= 0.6 is 22.6 Å². The number of nitro groups is 1. The van der Waals surface area contributed by atoms with E-state index in [2.05, 4.69) is 5.32 Å². The number of hydrogen-bond acceptors (Lipinski definition) is 4. The van der Waals surface area contributed by atoms with Gasteiger partial charge in [-0.2, -0.15) is 0 Å². The Balaban J connectivity index is 2.00. The van der Waals surface area contributed by atoms with Crippen molar-refractivity contribution in [1.29, 1.82) is 0 Å². The number of hydrogen-bond donors (Lipinski definition) is 1. The van der Waals surface area contributed by atoms with Gasteiger partial charge in [-0.15, -0.1) is 0 Å². The molecule has 1 aliphatic rings. The quantitative estimate of drug-likeness (QED) is 0.431. The Morgan fingerprint density at radius 2 is 2.24 bits per heavy atom. The van der Waals surface area contributed by atoms with Gasteiger partial charge in [0.15, 0.2) is 0 Å². The van der Waals surface area contributed by atoms with Gasteiger partial charge in [-0.05, 0) is 53.3 Å². The minimum Gasteiger partial charge on any atom is -0.385 e. The monoisotopic (exact) mass is 404 g/mol. The highest BCUT2D eigenvalue weighted by molar-refractivity contribution is 14.1. The number of non-ortho nitro benzene ring substituents is 1. The predicted molar refractivity (Wildman–Crippen MR) is 86.3 cm³/mol. The molecule has 1 aromatic carbocycles. The molecule has 21 heavy (non-hydrogen) atoms. The van der Waals surface area contributed by atoms with Crippen LogP contribution in [0.15, 0.2) is 18.2 Å². The summed E-state index contributed by atoms with van der Waals surface area (Å²) in [4.78, 5) is 22.5. The van der Waals surface area contributed by atoms with E-state index in [0.29, 0.717) is 22.3 Å². The predicted octanol–water partition coefficient (Wildman–Crippen LogP) is 2.75. The first-order chi connectivity index (χ1) is 9.97. The van der Waals surface area contributed by atoms with Crippen molar-refractivity contribution in [1.82, 2.24) is 5.32 Å². The van der Waals surface area contributed by atoms with E-state index in [-0.39, 0.29) is 17.0 Å². The lowest BCUT2D eigenvalue weighted by molar-refractivity contribution is -0.384. The lowest BCUT2D eigenvalue weighted by atomic mass is 10.0. The molecule has 0 radical (unpaired) electrons. The van der Waals surface area contributed by atoms with Crippen LogP contribution in [0.4, 0.5) is 5.69 Å². The Labute approximate surface area is 136 Å². The number of halogens is 1. The van der Waals surface area contributed by atoms with Crippen LogP contribution < -0.4 is 5.32 Å². The first kappa shape index (κ1) is 16.2. The van der Waals surface area contributed by atoms with E-state index >= 15 is 0 Å². The van der Waals surface area contributed by atoms with Crippen molar-refractivity contribution in [2.45, 2.75) is 19.3 Å². The summed E-state index contributed by atoms with van der Waals surface area (Å²) >= 11 is 2.01. The number of carbonyl (C=O) groups is 1. The molecule has 0 heterocycles. The maximum atomic E-state index is 12.2. The lowest BCUT2D eigenvalue weighted by Gasteiger charge is -2.15. The summed E-state index contributed by atoms with van der Waals surface area (Å²) in [6.45, 7) is 1.28. The van der Waals surface area contributed by atoms with Crippen molar-refractivity contribution in [3.63, 3.8) is 0 Å². The molecule has 6 nitrogen and oxygen atoms in total. The molecule has 0 saturated heterocycles. The number of benzene rings is 1. The highest BCUT2D eigenvalue weighted by Gasteiger charge is 2.42. The highest BCUT2D eigenvalue weighted by atomic mass is 127. The second-order valence-corrected chi connectivity index (χ2v) is 6.51. The Bertz CT molecular complexity index is 558. The molecular formula is C14H17IN2O4. The second kappa shape index (κ2) is 6.69. The molecule has 0 bridgehead atoms. The molecule has 0 aliphatic heterocycles. The molecule has 1 amide bonds. The number of nitro benzene ring substituents is 1. The first-order valence-electron chi connectivity index (χ1n) is 6.68. The zero-order valence-electron chi connectivity index (χ0n) is 11.7. The number of nitrogens with one attached hydrogen (secondary N) is 1. The van der Waals surface area contributed by atoms with Gasteiger partial charge < -0.3 is 10.1 Å². The number of methoxy groups -OCH3 is 1. The molecule has 2 rings (SSSR count). The van der Waals surface area contributed by atoms with Gasteiger partial charge in [0.1, 0.15) is 0 Å². The number of amides is 1. The molecule has 0 aromatic heterocycles. The van der Waals surface area contributed by atoms with Gasteiger partial charge in [-0.1, -0.05) is 0 Å². The van der Waals surface area contributed by atoms with Crippen LogP contribution in [0.25, 0.3) is 0 Å². The van der Waals surface area contributed by atoms with Crippen molar-refractivity contribution in [3.8, 4) is 0 Å². The van der Waals surface area contributed by atoms with Gasteiger partial charge in [0.2, 0.25) is 0 Å². The molecule has 114 valence electrons. The molecule has 1 N–H and O–H groups in total. The van der Waals surface area contributed by atoms with Crippen LogP contribution in [0.5, 0.6) is 0 Å². The summed E-state index contributed by atoms with van der Waals surface area (Å²) in [6, 6.07) is 4.32. The number of ether oxygens (including phenoxy) is 1. The van der Waals surface area contributed by atoms with Crippen molar-refractivity contribution in [3.05, 3.63) is 37.4 Å². The van der Waals surface area contributed by atoms with Crippen LogP contribution in [0, 0.1) is 19.1 Å². The van der Waals surface area contributed by atoms with E-state index in [0.717, 1.165) is 19.3 Å². The number of rotatable bonds is 7. The van der Waals surface area contributed by atoms with Gasteiger partial charge in [0, 0.05) is 36.0 Å². The number of nitrogens with zero attached hydrogens (tertiary/aromatic N) is 1. The van der Waals surface area contributed by atoms with Gasteiger partial charge >= 0.3 is 0 Å². The topological polar surface area (TPSA) is 81.5 Å². The Hall–Kier alpha value is -1.22. The molecule has 1 aliphatic carbocycles. The minimum absolute atomic E-state index is 0.0684. The maximum absolute atomic E-state index is 12.2. The smallest absolute Gasteiger partial charge is 0.270 e. The molecule has 1 saturated carbocycles. The fourth-order valence-corrected chi connectivity index (χ4v) is 2.75. The normalized spacial score (nSPS) is 15.5. The molecule has 0 spiro atoms. The van der Waals surface area contributed by atoms with E-state index < -0.39 is 4.92 Å². The fourth-order valence-electron chi connectivity index (χ4n) is 2.17. The van der Waals surface area contributed by atoms with Crippen LogP contribution in [0.1, 0.15) is 29.6 Å². The van der Waals surface area contributed by atoms with Crippen LogP contribution in [-0.2, 0) is 4.74 Å². The maximum Gasteiger partial charge on any atom is 0.270 e. The van der Waals surface area contributed by atoms with E-state index in [1.54, 1.807) is 13.2 Å². The summed E-state index contributed by atoms with van der Waals surface area (Å²) < 4.78 is 5.79. The standard InChI is InChI=1S/C14H17IN2O4/c1-21-7-6-14(4-5-14)9-16-13(18)11-8-10(17(19)20)2-3-12(11)15/h2-3,8H,4-7,9H2,1H3,(H,16,18). The molecule has 7 heteroatoms. The van der Waals surface area contributed by atoms with Gasteiger partial charge in [-0.25, -0.2) is 0 Å². The highest BCUT2D eigenvalue weighted by Crippen LogP contribution is 2.48. The Morgan fingerprint density at radius 3 is 2.81 bits per heavy atom. The average molecular weight is 404 g/mol. The summed E-state index contributed by atoms with van der Waals surface area (Å²) in [7, 11) is 1.67. The molecule has 1 aromatic rings. The van der Waals surface area contributed by atoms with Crippen molar-refractivity contribution >= 4 is 34.2 Å². The van der Waals surface area contributed by atoms with Crippen molar-refractivity contribution in [2.75, 3.05) is 20.3 Å². The Kier molecular flexibility index (Phi) is 5.15. The molecule has 0 unspecified atom stereocenters. The fraction of sp³-hybridized carbons (Fsp3) is 0.500. The van der Waals surface area contributed by atoms with Gasteiger partial charge in [0.25, 0.3) is 11.6 Å². The average Bonchev–Trinajstić information content (AvgIpc) is 3.23. The van der Waals surface area contributed by atoms with E-state index in [4.69, 9.17) is 4.74 Å². The van der Waals surface area contributed by atoms with E-state index in [1.807, 2.05) is 22.6 Å². The number of carbonyl (C=O) groups excluding carboxylic acids is 1. The first-order valence-corrected chi connectivity index (χ1v) is 7.76. The zero-order valence-corrected chi connectivity index (χ0v) is 13.9. The van der Waals surface area contributed by atoms with Crippen molar-refractivity contribution < 1.29 is 14.5 Å².